The highest BCUT2D eigenvalue weighted by Gasteiger charge is 2.17. The highest BCUT2D eigenvalue weighted by Crippen LogP contribution is 2.27. The van der Waals surface area contributed by atoms with Gasteiger partial charge in [-0.25, -0.2) is 0 Å². The molecule has 2 N–H and O–H groups in total. The van der Waals surface area contributed by atoms with E-state index in [1.54, 1.807) is 0 Å². The Hall–Kier alpha value is -1.41. The second-order valence-corrected chi connectivity index (χ2v) is 4.28. The van der Waals surface area contributed by atoms with Gasteiger partial charge in [0, 0.05) is 17.6 Å². The third-order valence-corrected chi connectivity index (χ3v) is 3.24. The zero-order valence-electron chi connectivity index (χ0n) is 8.61. The molecular formula is C13H14N2. The van der Waals surface area contributed by atoms with Crippen molar-refractivity contribution < 1.29 is 0 Å². The van der Waals surface area contributed by atoms with Gasteiger partial charge in [-0.15, -0.1) is 0 Å². The van der Waals surface area contributed by atoms with Crippen LogP contribution in [0.25, 0.3) is 10.9 Å². The number of hydrogen-bond donors (Lipinski definition) is 1. The zero-order chi connectivity index (χ0) is 10.3. The summed E-state index contributed by atoms with van der Waals surface area (Å²) in [5.41, 5.74) is 9.95. The van der Waals surface area contributed by atoms with E-state index in [1.807, 2.05) is 12.3 Å². The fourth-order valence-corrected chi connectivity index (χ4v) is 2.46. The first-order valence-corrected chi connectivity index (χ1v) is 5.45. The van der Waals surface area contributed by atoms with Crippen LogP contribution in [0.5, 0.6) is 0 Å². The maximum Gasteiger partial charge on any atom is 0.0704 e. The molecule has 1 aliphatic rings. The summed E-state index contributed by atoms with van der Waals surface area (Å²) in [6.07, 6.45) is 5.06. The predicted octanol–water partition coefficient (Wildman–Crippen LogP) is 2.05. The Morgan fingerprint density at radius 2 is 2.20 bits per heavy atom. The van der Waals surface area contributed by atoms with Crippen LogP contribution in [-0.2, 0) is 12.8 Å². The third-order valence-electron chi connectivity index (χ3n) is 3.24. The molecule has 0 saturated heterocycles. The molecule has 0 amide bonds. The molecule has 15 heavy (non-hydrogen) atoms. The number of rotatable bonds is 0. The van der Waals surface area contributed by atoms with Crippen LogP contribution in [0.1, 0.15) is 17.5 Å². The van der Waals surface area contributed by atoms with Crippen molar-refractivity contribution in [2.75, 3.05) is 0 Å². The second-order valence-electron chi connectivity index (χ2n) is 4.28. The maximum absolute atomic E-state index is 5.98. The smallest absolute Gasteiger partial charge is 0.0704 e. The van der Waals surface area contributed by atoms with Gasteiger partial charge in [0.1, 0.15) is 0 Å². The van der Waals surface area contributed by atoms with Crippen LogP contribution in [0.2, 0.25) is 0 Å². The van der Waals surface area contributed by atoms with Gasteiger partial charge in [-0.2, -0.15) is 0 Å². The average Bonchev–Trinajstić information content (AvgIpc) is 2.28. The fourth-order valence-electron chi connectivity index (χ4n) is 2.46. The average molecular weight is 198 g/mol. The molecule has 0 saturated carbocycles. The Morgan fingerprint density at radius 1 is 1.27 bits per heavy atom. The van der Waals surface area contributed by atoms with Gasteiger partial charge in [0.2, 0.25) is 0 Å². The number of benzene rings is 1. The van der Waals surface area contributed by atoms with Crippen molar-refractivity contribution in [2.24, 2.45) is 5.73 Å². The lowest BCUT2D eigenvalue weighted by Gasteiger charge is -2.22. The van der Waals surface area contributed by atoms with Gasteiger partial charge in [0.25, 0.3) is 0 Å². The minimum atomic E-state index is 0.339. The van der Waals surface area contributed by atoms with E-state index in [1.165, 1.54) is 16.5 Å². The Kier molecular flexibility index (Phi) is 1.96. The monoisotopic (exact) mass is 198 g/mol. The Bertz CT molecular complexity index is 505. The van der Waals surface area contributed by atoms with E-state index >= 15 is 0 Å². The molecule has 1 aromatic carbocycles. The largest absolute Gasteiger partial charge is 0.327 e. The summed E-state index contributed by atoms with van der Waals surface area (Å²) in [6, 6.07) is 8.80. The Morgan fingerprint density at radius 3 is 3.13 bits per heavy atom. The molecular weight excluding hydrogens is 184 g/mol. The molecule has 1 unspecified atom stereocenters. The molecule has 0 aliphatic heterocycles. The lowest BCUT2D eigenvalue weighted by Crippen LogP contribution is -2.27. The van der Waals surface area contributed by atoms with Crippen molar-refractivity contribution in [1.82, 2.24) is 4.98 Å². The first-order valence-electron chi connectivity index (χ1n) is 5.45. The molecule has 0 fully saturated rings. The van der Waals surface area contributed by atoms with Gasteiger partial charge in [0.05, 0.1) is 5.52 Å². The van der Waals surface area contributed by atoms with Gasteiger partial charge < -0.3 is 5.73 Å². The summed E-state index contributed by atoms with van der Waals surface area (Å²) >= 11 is 0. The fraction of sp³-hybridized carbons (Fsp3) is 0.308. The number of nitrogens with zero attached hydrogens (tertiary/aromatic N) is 1. The predicted molar refractivity (Wildman–Crippen MR) is 61.7 cm³/mol. The Labute approximate surface area is 89.1 Å². The van der Waals surface area contributed by atoms with Crippen molar-refractivity contribution in [3.05, 3.63) is 41.6 Å². The van der Waals surface area contributed by atoms with Crippen molar-refractivity contribution in [3.63, 3.8) is 0 Å². The molecule has 1 atom stereocenters. The molecule has 0 radical (unpaired) electrons. The molecule has 2 aromatic rings. The van der Waals surface area contributed by atoms with E-state index in [2.05, 4.69) is 23.2 Å². The molecule has 1 aromatic heterocycles. The summed E-state index contributed by atoms with van der Waals surface area (Å²) in [7, 11) is 0. The van der Waals surface area contributed by atoms with Crippen LogP contribution < -0.4 is 5.73 Å². The van der Waals surface area contributed by atoms with Gasteiger partial charge >= 0.3 is 0 Å². The summed E-state index contributed by atoms with van der Waals surface area (Å²) in [6.45, 7) is 0. The van der Waals surface area contributed by atoms with E-state index < -0.39 is 0 Å². The summed E-state index contributed by atoms with van der Waals surface area (Å²) in [4.78, 5) is 4.38. The minimum absolute atomic E-state index is 0.339. The highest BCUT2D eigenvalue weighted by molar-refractivity contribution is 5.83. The van der Waals surface area contributed by atoms with Crippen LogP contribution >= 0.6 is 0 Å². The molecule has 0 bridgehead atoms. The van der Waals surface area contributed by atoms with E-state index in [9.17, 15) is 0 Å². The van der Waals surface area contributed by atoms with Crippen molar-refractivity contribution >= 4 is 10.9 Å². The first-order chi connectivity index (χ1) is 7.34. The number of pyridine rings is 1. The third kappa shape index (κ3) is 1.41. The van der Waals surface area contributed by atoms with Crippen LogP contribution in [0.4, 0.5) is 0 Å². The molecule has 2 nitrogen and oxygen atoms in total. The normalized spacial score (nSPS) is 20.2. The van der Waals surface area contributed by atoms with Crippen molar-refractivity contribution in [2.45, 2.75) is 25.3 Å². The molecule has 1 heterocycles. The molecule has 0 spiro atoms. The number of aromatic nitrogens is 1. The lowest BCUT2D eigenvalue weighted by atomic mass is 9.86. The number of fused-ring (bicyclic) bond motifs is 3. The first kappa shape index (κ1) is 8.86. The molecule has 76 valence electrons. The topological polar surface area (TPSA) is 38.9 Å². The highest BCUT2D eigenvalue weighted by atomic mass is 14.7. The van der Waals surface area contributed by atoms with Gasteiger partial charge in [-0.3, -0.25) is 4.98 Å². The van der Waals surface area contributed by atoms with Crippen LogP contribution in [0.3, 0.4) is 0 Å². The summed E-state index contributed by atoms with van der Waals surface area (Å²) in [5.74, 6) is 0. The quantitative estimate of drug-likeness (QED) is 0.703. The van der Waals surface area contributed by atoms with Gasteiger partial charge in [-0.05, 0) is 42.5 Å². The number of aryl methyl sites for hydroxylation is 1. The number of nitrogens with two attached hydrogens (primary N) is 1. The molecule has 3 rings (SSSR count). The lowest BCUT2D eigenvalue weighted by molar-refractivity contribution is 0.579. The second kappa shape index (κ2) is 3.31. The minimum Gasteiger partial charge on any atom is -0.327 e. The SMILES string of the molecule is NC1CCc2c(ccc3ncccc23)C1. The Balaban J connectivity index is 2.25. The number of hydrogen-bond acceptors (Lipinski definition) is 2. The maximum atomic E-state index is 5.98. The van der Waals surface area contributed by atoms with E-state index in [-0.39, 0.29) is 0 Å². The summed E-state index contributed by atoms with van der Waals surface area (Å²) in [5, 5.41) is 1.31. The van der Waals surface area contributed by atoms with Crippen LogP contribution in [-0.4, -0.2) is 11.0 Å². The standard InChI is InChI=1S/C13H14N2/c14-10-4-5-11-9(8-10)3-6-13-12(11)2-1-7-15-13/h1-3,6-7,10H,4-5,8,14H2. The summed E-state index contributed by atoms with van der Waals surface area (Å²) < 4.78 is 0. The van der Waals surface area contributed by atoms with Crippen molar-refractivity contribution in [3.8, 4) is 0 Å². The van der Waals surface area contributed by atoms with Crippen LogP contribution in [0, 0.1) is 0 Å². The van der Waals surface area contributed by atoms with Gasteiger partial charge in [0.15, 0.2) is 0 Å². The van der Waals surface area contributed by atoms with Gasteiger partial charge in [-0.1, -0.05) is 12.1 Å². The molecule has 1 aliphatic carbocycles. The molecule has 2 heteroatoms. The van der Waals surface area contributed by atoms with E-state index in [0.29, 0.717) is 6.04 Å². The van der Waals surface area contributed by atoms with E-state index in [4.69, 9.17) is 5.73 Å². The zero-order valence-corrected chi connectivity index (χ0v) is 8.61. The van der Waals surface area contributed by atoms with Crippen LogP contribution in [0.15, 0.2) is 30.5 Å². The van der Waals surface area contributed by atoms with Crippen molar-refractivity contribution in [1.29, 1.82) is 0 Å². The van der Waals surface area contributed by atoms with E-state index in [0.717, 1.165) is 24.8 Å².